The fourth-order valence-electron chi connectivity index (χ4n) is 3.27. The molecule has 1 fully saturated rings. The Hall–Kier alpha value is -2.57. The fraction of sp³-hybridized carbons (Fsp3) is 0.409. The van der Waals surface area contributed by atoms with E-state index in [9.17, 15) is 4.79 Å². The van der Waals surface area contributed by atoms with Gasteiger partial charge in [-0.3, -0.25) is 4.90 Å². The molecule has 2 aromatic rings. The van der Waals surface area contributed by atoms with Crippen LogP contribution in [-0.2, 0) is 17.8 Å². The lowest BCUT2D eigenvalue weighted by atomic mass is 10.1. The van der Waals surface area contributed by atoms with Gasteiger partial charge in [0, 0.05) is 52.0 Å². The average Bonchev–Trinajstić information content (AvgIpc) is 2.74. The third-order valence-electron chi connectivity index (χ3n) is 4.99. The minimum absolute atomic E-state index is 0.136. The maximum Gasteiger partial charge on any atom is 0.315 e. The molecule has 0 saturated carbocycles. The number of hydrogen-bond acceptors (Lipinski definition) is 4. The van der Waals surface area contributed by atoms with Crippen LogP contribution in [0.25, 0.3) is 0 Å². The molecule has 0 unspecified atom stereocenters. The number of nitrogens with zero attached hydrogens (tertiary/aromatic N) is 2. The zero-order chi connectivity index (χ0) is 19.6. The normalized spacial score (nSPS) is 14.5. The molecule has 0 radical (unpaired) electrons. The van der Waals surface area contributed by atoms with Gasteiger partial charge in [-0.25, -0.2) is 4.79 Å². The van der Waals surface area contributed by atoms with Crippen molar-refractivity contribution >= 4 is 11.7 Å². The van der Waals surface area contributed by atoms with Crippen LogP contribution in [0.5, 0.6) is 0 Å². The van der Waals surface area contributed by atoms with Gasteiger partial charge in [0.15, 0.2) is 0 Å². The van der Waals surface area contributed by atoms with Gasteiger partial charge in [0.1, 0.15) is 0 Å². The second-order valence-corrected chi connectivity index (χ2v) is 7.02. The first-order valence-electron chi connectivity index (χ1n) is 9.87. The van der Waals surface area contributed by atoms with Gasteiger partial charge in [0.05, 0.1) is 13.2 Å². The van der Waals surface area contributed by atoms with Gasteiger partial charge in [0.2, 0.25) is 0 Å². The number of likely N-dealkylation sites (N-methyl/N-ethyl adjacent to an activating group) is 1. The van der Waals surface area contributed by atoms with E-state index in [0.717, 1.165) is 50.6 Å². The molecule has 0 atom stereocenters. The monoisotopic (exact) mass is 382 g/mol. The highest BCUT2D eigenvalue weighted by Crippen LogP contribution is 2.13. The van der Waals surface area contributed by atoms with Crippen LogP contribution < -0.4 is 15.5 Å². The van der Waals surface area contributed by atoms with E-state index in [4.69, 9.17) is 4.74 Å². The Morgan fingerprint density at radius 1 is 1.00 bits per heavy atom. The molecule has 6 nitrogen and oxygen atoms in total. The second-order valence-electron chi connectivity index (χ2n) is 7.02. The minimum Gasteiger partial charge on any atom is -0.379 e. The molecule has 150 valence electrons. The Morgan fingerprint density at radius 3 is 2.43 bits per heavy atom. The number of urea groups is 1. The van der Waals surface area contributed by atoms with Crippen molar-refractivity contribution in [2.45, 2.75) is 13.1 Å². The van der Waals surface area contributed by atoms with Crippen molar-refractivity contribution in [3.8, 4) is 0 Å². The number of para-hydroxylation sites is 1. The summed E-state index contributed by atoms with van der Waals surface area (Å²) in [5.41, 5.74) is 3.56. The van der Waals surface area contributed by atoms with Crippen molar-refractivity contribution in [1.29, 1.82) is 0 Å². The molecule has 6 heteroatoms. The van der Waals surface area contributed by atoms with Crippen LogP contribution in [0, 0.1) is 0 Å². The zero-order valence-electron chi connectivity index (χ0n) is 16.6. The van der Waals surface area contributed by atoms with E-state index < -0.39 is 0 Å². The quantitative estimate of drug-likeness (QED) is 0.736. The number of morpholine rings is 1. The molecule has 28 heavy (non-hydrogen) atoms. The Balaban J connectivity index is 1.42. The van der Waals surface area contributed by atoms with E-state index in [-0.39, 0.29) is 6.03 Å². The van der Waals surface area contributed by atoms with E-state index in [1.54, 1.807) is 0 Å². The van der Waals surface area contributed by atoms with Crippen LogP contribution in [0.4, 0.5) is 10.5 Å². The summed E-state index contributed by atoms with van der Waals surface area (Å²) in [5.74, 6) is 0. The Kier molecular flexibility index (Phi) is 7.70. The summed E-state index contributed by atoms with van der Waals surface area (Å²) < 4.78 is 5.42. The van der Waals surface area contributed by atoms with Crippen molar-refractivity contribution in [3.63, 3.8) is 0 Å². The fourth-order valence-corrected chi connectivity index (χ4v) is 3.27. The maximum absolute atomic E-state index is 12.2. The van der Waals surface area contributed by atoms with Crippen LogP contribution in [-0.4, -0.2) is 57.4 Å². The Labute approximate surface area is 167 Å². The largest absolute Gasteiger partial charge is 0.379 e. The lowest BCUT2D eigenvalue weighted by Crippen LogP contribution is -2.39. The minimum atomic E-state index is -0.136. The highest BCUT2D eigenvalue weighted by molar-refractivity contribution is 5.73. The number of carbonyl (C=O) groups excluding carboxylic acids is 1. The standard InChI is InChI=1S/C22H30N4O2/c1-25(21-9-3-2-4-10-21)12-11-23-22(27)24-17-19-7-5-6-8-20(19)18-26-13-15-28-16-14-26/h2-10H,11-18H2,1H3,(H2,23,24,27). The van der Waals surface area contributed by atoms with Crippen molar-refractivity contribution in [1.82, 2.24) is 15.5 Å². The third kappa shape index (κ3) is 6.25. The number of nitrogens with one attached hydrogen (secondary N) is 2. The zero-order valence-corrected chi connectivity index (χ0v) is 16.6. The van der Waals surface area contributed by atoms with Crippen molar-refractivity contribution in [2.75, 3.05) is 51.3 Å². The number of amides is 2. The Morgan fingerprint density at radius 2 is 1.68 bits per heavy atom. The van der Waals surface area contributed by atoms with Gasteiger partial charge >= 0.3 is 6.03 Å². The number of ether oxygens (including phenoxy) is 1. The van der Waals surface area contributed by atoms with Crippen LogP contribution >= 0.6 is 0 Å². The molecule has 0 bridgehead atoms. The third-order valence-corrected chi connectivity index (χ3v) is 4.99. The summed E-state index contributed by atoms with van der Waals surface area (Å²) in [4.78, 5) is 16.7. The molecule has 1 heterocycles. The van der Waals surface area contributed by atoms with Crippen molar-refractivity contribution in [3.05, 3.63) is 65.7 Å². The SMILES string of the molecule is CN(CCNC(=O)NCc1ccccc1CN1CCOCC1)c1ccccc1. The topological polar surface area (TPSA) is 56.8 Å². The van der Waals surface area contributed by atoms with Gasteiger partial charge in [0.25, 0.3) is 0 Å². The van der Waals surface area contributed by atoms with Crippen LogP contribution in [0.3, 0.4) is 0 Å². The summed E-state index contributed by atoms with van der Waals surface area (Å²) >= 11 is 0. The summed E-state index contributed by atoms with van der Waals surface area (Å²) in [7, 11) is 2.02. The number of benzene rings is 2. The van der Waals surface area contributed by atoms with Crippen LogP contribution in [0.1, 0.15) is 11.1 Å². The molecule has 1 saturated heterocycles. The summed E-state index contributed by atoms with van der Waals surface area (Å²) in [6, 6.07) is 18.3. The molecule has 0 aromatic heterocycles. The summed E-state index contributed by atoms with van der Waals surface area (Å²) in [6.45, 7) is 6.26. The van der Waals surface area contributed by atoms with Gasteiger partial charge in [-0.05, 0) is 23.3 Å². The molecule has 2 N–H and O–H groups in total. The van der Waals surface area contributed by atoms with E-state index in [1.807, 2.05) is 31.3 Å². The molecule has 2 amide bonds. The van der Waals surface area contributed by atoms with Crippen LogP contribution in [0.2, 0.25) is 0 Å². The molecule has 0 aliphatic carbocycles. The molecule has 2 aromatic carbocycles. The van der Waals surface area contributed by atoms with Crippen molar-refractivity contribution < 1.29 is 9.53 Å². The predicted octanol–water partition coefficient (Wildman–Crippen LogP) is 2.45. The van der Waals surface area contributed by atoms with E-state index in [2.05, 4.69) is 50.8 Å². The van der Waals surface area contributed by atoms with Gasteiger partial charge in [-0.1, -0.05) is 42.5 Å². The number of rotatable bonds is 8. The lowest BCUT2D eigenvalue weighted by Gasteiger charge is -2.27. The average molecular weight is 383 g/mol. The van der Waals surface area contributed by atoms with E-state index >= 15 is 0 Å². The summed E-state index contributed by atoms with van der Waals surface area (Å²) in [5, 5.41) is 5.91. The molecule has 1 aliphatic heterocycles. The molecular formula is C22H30N4O2. The van der Waals surface area contributed by atoms with Crippen molar-refractivity contribution in [2.24, 2.45) is 0 Å². The smallest absolute Gasteiger partial charge is 0.315 e. The molecule has 0 spiro atoms. The first kappa shape index (κ1) is 20.2. The van der Waals surface area contributed by atoms with Gasteiger partial charge < -0.3 is 20.3 Å². The van der Waals surface area contributed by atoms with E-state index in [1.165, 1.54) is 5.56 Å². The van der Waals surface area contributed by atoms with E-state index in [0.29, 0.717) is 13.1 Å². The lowest BCUT2D eigenvalue weighted by molar-refractivity contribution is 0.0341. The molecule has 1 aliphatic rings. The Bertz CT molecular complexity index is 732. The first-order valence-corrected chi connectivity index (χ1v) is 9.87. The highest BCUT2D eigenvalue weighted by atomic mass is 16.5. The molecular weight excluding hydrogens is 352 g/mol. The first-order chi connectivity index (χ1) is 13.7. The highest BCUT2D eigenvalue weighted by Gasteiger charge is 2.13. The van der Waals surface area contributed by atoms with Gasteiger partial charge in [-0.2, -0.15) is 0 Å². The number of anilines is 1. The number of carbonyl (C=O) groups is 1. The predicted molar refractivity (Wildman–Crippen MR) is 112 cm³/mol. The van der Waals surface area contributed by atoms with Gasteiger partial charge in [-0.15, -0.1) is 0 Å². The maximum atomic E-state index is 12.2. The summed E-state index contributed by atoms with van der Waals surface area (Å²) in [6.07, 6.45) is 0. The number of hydrogen-bond donors (Lipinski definition) is 2. The second kappa shape index (κ2) is 10.7. The van der Waals surface area contributed by atoms with Crippen LogP contribution in [0.15, 0.2) is 54.6 Å². The molecule has 3 rings (SSSR count).